The Labute approximate surface area is 633 Å². The van der Waals surface area contributed by atoms with Gasteiger partial charge in [-0.15, -0.1) is 6.42 Å². The summed E-state index contributed by atoms with van der Waals surface area (Å²) in [6, 6.07) is 22.7. The maximum absolute atomic E-state index is 14.5. The number of carbonyl (C=O) groups is 4. The predicted molar refractivity (Wildman–Crippen MR) is 414 cm³/mol. The highest BCUT2D eigenvalue weighted by molar-refractivity contribution is 7.92. The Morgan fingerprint density at radius 2 is 1.53 bits per heavy atom. The fourth-order valence-electron chi connectivity index (χ4n) is 14.0. The summed E-state index contributed by atoms with van der Waals surface area (Å²) in [4.78, 5) is 70.0. The number of aromatic nitrogens is 2. The summed E-state index contributed by atoms with van der Waals surface area (Å²) in [6.07, 6.45) is 14.5. The lowest BCUT2D eigenvalue weighted by molar-refractivity contribution is -0.144. The zero-order chi connectivity index (χ0) is 77.6. The van der Waals surface area contributed by atoms with Crippen molar-refractivity contribution in [1.29, 1.82) is 0 Å². The van der Waals surface area contributed by atoms with Crippen LogP contribution in [0.3, 0.4) is 0 Å². The van der Waals surface area contributed by atoms with Gasteiger partial charge in [0.25, 0.3) is 25.8 Å². The van der Waals surface area contributed by atoms with E-state index in [4.69, 9.17) is 27.2 Å². The fraction of sp³-hybridized carbons (Fsp3) is 0.506. The number of likely N-dealkylation sites (tertiary alicyclic amines) is 2. The third-order valence-corrected chi connectivity index (χ3v) is 29.1. The van der Waals surface area contributed by atoms with Crippen molar-refractivity contribution in [1.82, 2.24) is 40.0 Å². The number of β-amino-alcohol motifs (C(OH)–C–C–N with tert-alkyl or cyclic N) is 1. The van der Waals surface area contributed by atoms with Gasteiger partial charge < -0.3 is 49.9 Å². The average Bonchev–Trinajstić information content (AvgIpc) is 0.908. The molecule has 1 aliphatic carbocycles. The number of sulfone groups is 1. The number of piperidine rings is 1. The van der Waals surface area contributed by atoms with E-state index in [9.17, 15) is 54.3 Å². The normalized spacial score (nSPS) is 18.7. The van der Waals surface area contributed by atoms with Crippen LogP contribution in [-0.2, 0) is 38.7 Å². The van der Waals surface area contributed by atoms with Crippen molar-refractivity contribution in [2.24, 2.45) is 10.8 Å². The van der Waals surface area contributed by atoms with Crippen molar-refractivity contribution in [3.8, 4) is 23.8 Å². The smallest absolute Gasteiger partial charge is 0.455 e. The third-order valence-electron chi connectivity index (χ3n) is 21.5. The van der Waals surface area contributed by atoms with Crippen molar-refractivity contribution < 1.29 is 63.5 Å². The van der Waals surface area contributed by atoms with Gasteiger partial charge in [-0.3, -0.25) is 24.1 Å². The van der Waals surface area contributed by atoms with Crippen LogP contribution in [0.4, 0.5) is 24.5 Å². The number of benzene rings is 4. The number of terminal acetylenes is 1. The highest BCUT2D eigenvalue weighted by Gasteiger charge is 2.49. The number of H-pyrrole nitrogens is 1. The number of aromatic amines is 1. The number of aliphatic hydroxyl groups excluding tert-OH is 1. The van der Waals surface area contributed by atoms with Crippen LogP contribution in [0.25, 0.3) is 16.6 Å². The number of piperazine rings is 1. The number of nitrogens with one attached hydrogen (secondary N) is 5. The van der Waals surface area contributed by atoms with E-state index >= 15 is 0 Å². The number of allylic oxidation sites excluding steroid dienone is 1. The number of rotatable bonds is 27. The third kappa shape index (κ3) is 20.6. The van der Waals surface area contributed by atoms with Gasteiger partial charge in [-0.25, -0.2) is 26.5 Å². The number of hydrogen-bond donors (Lipinski definition) is 6. The number of nitrogens with zero attached hydrogens (tertiary/aromatic N) is 5. The van der Waals surface area contributed by atoms with Crippen LogP contribution in [-0.4, -0.2) is 174 Å². The van der Waals surface area contributed by atoms with Gasteiger partial charge in [-0.05, 0) is 164 Å². The average molecular weight is 1550 g/mol. The molecule has 0 saturated carbocycles. The van der Waals surface area contributed by atoms with Gasteiger partial charge in [0, 0.05) is 105 Å². The number of fused-ring (bicyclic) bond motifs is 1. The van der Waals surface area contributed by atoms with E-state index in [1.165, 1.54) is 33.9 Å². The molecule has 0 spiro atoms. The molecular formula is C79H102ClF3N10O11S2Si. The number of pyridine rings is 1. The number of aliphatic hydroxyl groups is 1. The molecule has 4 aliphatic rings. The summed E-state index contributed by atoms with van der Waals surface area (Å²) in [6.45, 7) is 26.0. The number of carbonyl (C=O) groups excluding carboxylic acids is 4. The SMILES string of the molecule is C#Cc1ccc([C@H](CO[Si](C)(C)C(C)(C)C)NC(=O)[C@@H]2C[C@@H](O)CN2C(=O)C(NC(=O)CCCCCCN2CCC(Nc3ccc(S(=O)(=O)NC(=O)c4ccc(N5CCN(CC6=C(c7ccc(Cl)cc7)CC(C)(C)CC6)CC5)cc4Oc4cnc5[nH]ccc5c4)cc3S(=O)(=O)C(F)(F)F)CC2)C(C)(C)C)cc1. The number of amides is 4. The first-order valence-electron chi connectivity index (χ1n) is 36.8. The molecule has 1 unspecified atom stereocenters. The minimum Gasteiger partial charge on any atom is -0.455 e. The molecule has 6 N–H and O–H groups in total. The van der Waals surface area contributed by atoms with E-state index in [0.717, 1.165) is 69.4 Å². The van der Waals surface area contributed by atoms with Crippen LogP contribution < -0.4 is 30.3 Å². The molecular weight excluding hydrogens is 1450 g/mol. The van der Waals surface area contributed by atoms with E-state index in [-0.39, 0.29) is 59.4 Å². The fourth-order valence-corrected chi connectivity index (χ4v) is 17.2. The van der Waals surface area contributed by atoms with E-state index in [0.29, 0.717) is 91.8 Å². The van der Waals surface area contributed by atoms with E-state index in [2.05, 4.69) is 106 Å². The predicted octanol–water partition coefficient (Wildman–Crippen LogP) is 13.4. The van der Waals surface area contributed by atoms with Gasteiger partial charge >= 0.3 is 5.51 Å². The molecule has 10 rings (SSSR count). The van der Waals surface area contributed by atoms with Crippen molar-refractivity contribution in [3.05, 3.63) is 142 Å². The summed E-state index contributed by atoms with van der Waals surface area (Å²) in [5, 5.41) is 21.2. The zero-order valence-corrected chi connectivity index (χ0v) is 66.2. The molecule has 4 aromatic carbocycles. The molecule has 0 bridgehead atoms. The molecule has 107 heavy (non-hydrogen) atoms. The molecule has 3 fully saturated rings. The topological polar surface area (TPSA) is 265 Å². The van der Waals surface area contributed by atoms with Crippen LogP contribution in [0.2, 0.25) is 23.2 Å². The number of anilines is 2. The molecule has 3 aliphatic heterocycles. The minimum atomic E-state index is -6.17. The summed E-state index contributed by atoms with van der Waals surface area (Å²) < 4.78 is 114. The Bertz CT molecular complexity index is 4500. The Hall–Kier alpha value is -7.81. The Kier molecular flexibility index (Phi) is 25.6. The number of ether oxygens (including phenoxy) is 1. The first kappa shape index (κ1) is 81.7. The molecule has 2 aromatic heterocycles. The van der Waals surface area contributed by atoms with E-state index in [1.54, 1.807) is 42.6 Å². The molecule has 0 radical (unpaired) electrons. The number of halogens is 4. The molecule has 4 amide bonds. The summed E-state index contributed by atoms with van der Waals surface area (Å²) in [5.74, 6) is 0.333. The maximum atomic E-state index is 14.5. The monoisotopic (exact) mass is 1550 g/mol. The van der Waals surface area contributed by atoms with Gasteiger partial charge in [0.1, 0.15) is 34.1 Å². The van der Waals surface area contributed by atoms with Crippen LogP contribution in [0.5, 0.6) is 11.5 Å². The lowest BCUT2D eigenvalue weighted by Crippen LogP contribution is -2.58. The van der Waals surface area contributed by atoms with Crippen LogP contribution >= 0.6 is 11.6 Å². The highest BCUT2D eigenvalue weighted by Crippen LogP contribution is 2.45. The van der Waals surface area contributed by atoms with Gasteiger partial charge in [-0.1, -0.05) is 116 Å². The van der Waals surface area contributed by atoms with Gasteiger partial charge in [0.15, 0.2) is 8.32 Å². The highest BCUT2D eigenvalue weighted by atomic mass is 35.5. The first-order chi connectivity index (χ1) is 50.3. The largest absolute Gasteiger partial charge is 0.501 e. The maximum Gasteiger partial charge on any atom is 0.501 e. The Balaban J connectivity index is 0.722. The summed E-state index contributed by atoms with van der Waals surface area (Å²) >= 11 is 6.28. The van der Waals surface area contributed by atoms with Crippen LogP contribution in [0, 0.1) is 23.2 Å². The second kappa shape index (κ2) is 33.6. The van der Waals surface area contributed by atoms with Crippen molar-refractivity contribution in [2.45, 2.75) is 190 Å². The first-order valence-corrected chi connectivity index (χ1v) is 43.0. The molecule has 6 aromatic rings. The Morgan fingerprint density at radius 1 is 0.841 bits per heavy atom. The van der Waals surface area contributed by atoms with Crippen LogP contribution in [0.1, 0.15) is 159 Å². The van der Waals surface area contributed by atoms with Crippen molar-refractivity contribution in [2.75, 3.05) is 75.7 Å². The molecule has 28 heteroatoms. The molecule has 4 atom stereocenters. The molecule has 5 heterocycles. The standard InChI is InChI=1S/C79H102ClF3N10O11S2Si/c1-12-52-18-20-54(21-19-52)66(51-103-107(10,11)77(5,6)7)87-74(97)67-45-60(94)50-93(67)75(98)71(76(2,3)4)88-70(95)17-15-13-14-16-36-90-37-32-58(33-38-90)86-65-29-27-62(46-69(65)105(99,100)79(81,82)83)106(101,102)89-73(96)63-28-26-59(44-68(63)104-61-43-55-31-35-84-72(55)85-48-61)92-41-39-91(40-42-92)49-56-30-34-78(8,9)47-64(56)53-22-24-57(80)25-23-53/h1,18-29,31,35,43-44,46,48,58,60,66-67,71,86,94H,13-17,30,32-34,36-42,45,47,49-51H2,2-11H3,(H,84,85)(H,87,97)(H,88,95)(H,89,96)/t60-,66+,67+,71?/m1/s1. The summed E-state index contributed by atoms with van der Waals surface area (Å²) in [7, 11) is -13.5. The van der Waals surface area contributed by atoms with Gasteiger partial charge in [-0.2, -0.15) is 13.2 Å². The molecule has 578 valence electrons. The number of sulfonamides is 1. The zero-order valence-electron chi connectivity index (χ0n) is 62.8. The van der Waals surface area contributed by atoms with Crippen LogP contribution in [0.15, 0.2) is 125 Å². The van der Waals surface area contributed by atoms with Crippen molar-refractivity contribution in [3.63, 3.8) is 0 Å². The molecule has 21 nitrogen and oxygen atoms in total. The number of alkyl halides is 3. The lowest BCUT2D eigenvalue weighted by atomic mass is 9.72. The molecule has 3 saturated heterocycles. The lowest BCUT2D eigenvalue weighted by Gasteiger charge is -2.39. The second-order valence-electron chi connectivity index (χ2n) is 32.2. The Morgan fingerprint density at radius 3 is 2.20 bits per heavy atom. The van der Waals surface area contributed by atoms with E-state index < -0.39 is 103 Å². The van der Waals surface area contributed by atoms with Gasteiger partial charge in [0.05, 0.1) is 41.1 Å². The number of hydrogen-bond acceptors (Lipinski definition) is 16. The van der Waals surface area contributed by atoms with Crippen molar-refractivity contribution >= 4 is 91.4 Å². The quantitative estimate of drug-likeness (QED) is 0.0159. The van der Waals surface area contributed by atoms with E-state index in [1.807, 2.05) is 49.8 Å². The summed E-state index contributed by atoms with van der Waals surface area (Å²) in [5.41, 5.74) is -0.504. The minimum absolute atomic E-state index is 0.00844. The second-order valence-corrected chi connectivity index (χ2v) is 41.0. The number of unbranched alkanes of at least 4 members (excludes halogenated alkanes) is 3. The van der Waals surface area contributed by atoms with Gasteiger partial charge in [0.2, 0.25) is 17.7 Å².